The fraction of sp³-hybridized carbons (Fsp3) is 0.316. The number of fused-ring (bicyclic) bond motifs is 2. The van der Waals surface area contributed by atoms with Gasteiger partial charge in [-0.3, -0.25) is 9.59 Å². The molecule has 1 aliphatic rings. The van der Waals surface area contributed by atoms with E-state index in [-0.39, 0.29) is 11.8 Å². The number of thiophene rings is 1. The van der Waals surface area contributed by atoms with Crippen LogP contribution in [0.2, 0.25) is 0 Å². The number of hydrogen-bond donors (Lipinski definition) is 2. The van der Waals surface area contributed by atoms with Crippen LogP contribution in [-0.2, 0) is 12.8 Å². The highest BCUT2D eigenvalue weighted by Gasteiger charge is 2.28. The van der Waals surface area contributed by atoms with Crippen LogP contribution in [0.3, 0.4) is 0 Å². The predicted molar refractivity (Wildman–Crippen MR) is 106 cm³/mol. The van der Waals surface area contributed by atoms with E-state index in [9.17, 15) is 9.59 Å². The normalized spacial score (nSPS) is 16.3. The van der Waals surface area contributed by atoms with Crippen LogP contribution < -0.4 is 10.6 Å². The minimum absolute atomic E-state index is 0.134. The van der Waals surface area contributed by atoms with Crippen molar-refractivity contribution >= 4 is 49.7 Å². The number of carbonyl (C=O) groups excluding carboxylic acids is 2. The lowest BCUT2D eigenvalue weighted by atomic mass is 9.88. The number of aromatic nitrogens is 1. The van der Waals surface area contributed by atoms with Crippen LogP contribution in [0.1, 0.15) is 44.5 Å². The topological polar surface area (TPSA) is 71.1 Å². The second-order valence-electron chi connectivity index (χ2n) is 6.62. The Bertz CT molecular complexity index is 1010. The zero-order valence-electron chi connectivity index (χ0n) is 14.6. The maximum absolute atomic E-state index is 12.8. The van der Waals surface area contributed by atoms with Gasteiger partial charge in [0.1, 0.15) is 5.00 Å². The van der Waals surface area contributed by atoms with Gasteiger partial charge in [0.05, 0.1) is 21.3 Å². The molecule has 1 atom stereocenters. The first-order valence-corrected chi connectivity index (χ1v) is 10.3. The second kappa shape index (κ2) is 6.81. The molecule has 0 fully saturated rings. The Morgan fingerprint density at radius 1 is 1.27 bits per heavy atom. The van der Waals surface area contributed by atoms with Gasteiger partial charge in [0.2, 0.25) is 0 Å². The molecule has 0 saturated carbocycles. The Morgan fingerprint density at radius 3 is 2.92 bits per heavy atom. The summed E-state index contributed by atoms with van der Waals surface area (Å²) in [5.74, 6) is 0.276. The molecule has 7 heteroatoms. The summed E-state index contributed by atoms with van der Waals surface area (Å²) in [6.07, 6.45) is 2.92. The number of nitrogens with zero attached hydrogens (tertiary/aromatic N) is 1. The summed E-state index contributed by atoms with van der Waals surface area (Å²) in [4.78, 5) is 30.7. The fourth-order valence-electron chi connectivity index (χ4n) is 3.38. The number of hydrogen-bond acceptors (Lipinski definition) is 5. The second-order valence-corrected chi connectivity index (χ2v) is 8.62. The number of carbonyl (C=O) groups is 2. The SMILES string of the molecule is CNC(=O)c1c(NC(=O)c2ccc3ncsc3c2)sc2c1CC[C@H](C)C2. The number of benzene rings is 1. The molecule has 4 rings (SSSR count). The van der Waals surface area contributed by atoms with Gasteiger partial charge in [-0.05, 0) is 48.9 Å². The van der Waals surface area contributed by atoms with Gasteiger partial charge in [-0.25, -0.2) is 4.98 Å². The summed E-state index contributed by atoms with van der Waals surface area (Å²) in [6, 6.07) is 5.46. The third-order valence-electron chi connectivity index (χ3n) is 4.79. The highest BCUT2D eigenvalue weighted by atomic mass is 32.1. The molecular weight excluding hydrogens is 366 g/mol. The Hall–Kier alpha value is -2.25. The lowest BCUT2D eigenvalue weighted by Gasteiger charge is -2.18. The van der Waals surface area contributed by atoms with Gasteiger partial charge in [0.15, 0.2) is 0 Å². The van der Waals surface area contributed by atoms with E-state index in [0.29, 0.717) is 22.0 Å². The van der Waals surface area contributed by atoms with Gasteiger partial charge in [-0.1, -0.05) is 6.92 Å². The summed E-state index contributed by atoms with van der Waals surface area (Å²) < 4.78 is 0.975. The smallest absolute Gasteiger partial charge is 0.256 e. The van der Waals surface area contributed by atoms with Crippen LogP contribution in [0.4, 0.5) is 5.00 Å². The van der Waals surface area contributed by atoms with E-state index in [1.807, 2.05) is 12.1 Å². The molecule has 0 saturated heterocycles. The number of nitrogens with one attached hydrogen (secondary N) is 2. The standard InChI is InChI=1S/C19H19N3O2S2/c1-10-3-5-12-14(7-10)26-19(16(12)18(24)20-2)22-17(23)11-4-6-13-15(8-11)25-9-21-13/h4,6,8-10H,3,5,7H2,1-2H3,(H,20,24)(H,22,23)/t10-/m0/s1. The van der Waals surface area contributed by atoms with E-state index < -0.39 is 0 Å². The molecular formula is C19H19N3O2S2. The summed E-state index contributed by atoms with van der Waals surface area (Å²) in [6.45, 7) is 2.23. The van der Waals surface area contributed by atoms with E-state index >= 15 is 0 Å². The summed E-state index contributed by atoms with van der Waals surface area (Å²) in [7, 11) is 1.63. The molecule has 134 valence electrons. The van der Waals surface area contributed by atoms with E-state index in [0.717, 1.165) is 35.0 Å². The van der Waals surface area contributed by atoms with Crippen molar-refractivity contribution in [1.82, 2.24) is 10.3 Å². The Balaban J connectivity index is 1.68. The molecule has 0 aliphatic heterocycles. The zero-order valence-corrected chi connectivity index (χ0v) is 16.2. The average molecular weight is 386 g/mol. The zero-order chi connectivity index (χ0) is 18.3. The summed E-state index contributed by atoms with van der Waals surface area (Å²) in [5.41, 5.74) is 4.96. The molecule has 1 aromatic carbocycles. The molecule has 0 bridgehead atoms. The first-order valence-electron chi connectivity index (χ1n) is 8.58. The van der Waals surface area contributed by atoms with E-state index in [1.165, 1.54) is 27.6 Å². The molecule has 2 amide bonds. The lowest BCUT2D eigenvalue weighted by Crippen LogP contribution is -2.22. The van der Waals surface area contributed by atoms with Crippen LogP contribution >= 0.6 is 22.7 Å². The van der Waals surface area contributed by atoms with Gasteiger partial charge in [-0.2, -0.15) is 0 Å². The number of amides is 2. The maximum atomic E-state index is 12.8. The molecule has 26 heavy (non-hydrogen) atoms. The van der Waals surface area contributed by atoms with Crippen LogP contribution in [0, 0.1) is 5.92 Å². The molecule has 3 aromatic rings. The van der Waals surface area contributed by atoms with E-state index in [2.05, 4.69) is 22.5 Å². The van der Waals surface area contributed by atoms with Crippen molar-refractivity contribution in [3.63, 3.8) is 0 Å². The molecule has 2 heterocycles. The van der Waals surface area contributed by atoms with E-state index in [1.54, 1.807) is 18.6 Å². The van der Waals surface area contributed by atoms with Crippen molar-refractivity contribution in [2.75, 3.05) is 12.4 Å². The van der Waals surface area contributed by atoms with Crippen LogP contribution in [-0.4, -0.2) is 23.8 Å². The minimum Gasteiger partial charge on any atom is -0.355 e. The Morgan fingerprint density at radius 2 is 2.12 bits per heavy atom. The largest absolute Gasteiger partial charge is 0.355 e. The highest BCUT2D eigenvalue weighted by molar-refractivity contribution is 7.17. The molecule has 2 aromatic heterocycles. The van der Waals surface area contributed by atoms with Crippen molar-refractivity contribution in [3.05, 3.63) is 45.3 Å². The summed E-state index contributed by atoms with van der Waals surface area (Å²) >= 11 is 3.04. The molecule has 0 radical (unpaired) electrons. The van der Waals surface area contributed by atoms with Crippen LogP contribution in [0.25, 0.3) is 10.2 Å². The van der Waals surface area contributed by atoms with Gasteiger partial charge < -0.3 is 10.6 Å². The van der Waals surface area contributed by atoms with Gasteiger partial charge in [-0.15, -0.1) is 22.7 Å². The number of rotatable bonds is 3. The molecule has 0 spiro atoms. The minimum atomic E-state index is -0.197. The predicted octanol–water partition coefficient (Wildman–Crippen LogP) is 4.09. The first kappa shape index (κ1) is 17.2. The number of thiazole rings is 1. The quantitative estimate of drug-likeness (QED) is 0.713. The molecule has 1 aliphatic carbocycles. The summed E-state index contributed by atoms with van der Waals surface area (Å²) in [5, 5.41) is 6.34. The number of anilines is 1. The lowest BCUT2D eigenvalue weighted by molar-refractivity contribution is 0.0963. The molecule has 5 nitrogen and oxygen atoms in total. The molecule has 0 unspecified atom stereocenters. The molecule has 2 N–H and O–H groups in total. The maximum Gasteiger partial charge on any atom is 0.256 e. The third-order valence-corrected chi connectivity index (χ3v) is 6.75. The van der Waals surface area contributed by atoms with Crippen molar-refractivity contribution in [1.29, 1.82) is 0 Å². The van der Waals surface area contributed by atoms with Crippen molar-refractivity contribution < 1.29 is 9.59 Å². The van der Waals surface area contributed by atoms with Crippen molar-refractivity contribution in [2.45, 2.75) is 26.2 Å². The van der Waals surface area contributed by atoms with Gasteiger partial charge >= 0.3 is 0 Å². The van der Waals surface area contributed by atoms with Crippen molar-refractivity contribution in [3.8, 4) is 0 Å². The van der Waals surface area contributed by atoms with Crippen molar-refractivity contribution in [2.24, 2.45) is 5.92 Å². The Labute approximate surface area is 159 Å². The van der Waals surface area contributed by atoms with Gasteiger partial charge in [0, 0.05) is 17.5 Å². The first-order chi connectivity index (χ1) is 12.6. The van der Waals surface area contributed by atoms with Crippen LogP contribution in [0.15, 0.2) is 23.7 Å². The van der Waals surface area contributed by atoms with Gasteiger partial charge in [0.25, 0.3) is 11.8 Å². The fourth-order valence-corrected chi connectivity index (χ4v) is 5.50. The monoisotopic (exact) mass is 385 g/mol. The third kappa shape index (κ3) is 3.01. The van der Waals surface area contributed by atoms with Crippen LogP contribution in [0.5, 0.6) is 0 Å². The Kier molecular flexibility index (Phi) is 4.50. The average Bonchev–Trinajstić information content (AvgIpc) is 3.23. The highest BCUT2D eigenvalue weighted by Crippen LogP contribution is 2.39. The van der Waals surface area contributed by atoms with E-state index in [4.69, 9.17) is 0 Å².